The Bertz CT molecular complexity index is 454. The molecule has 4 fully saturated rings. The minimum absolute atomic E-state index is 0.480. The largest absolute Gasteiger partial charge is 0.314 e. The fourth-order valence-corrected chi connectivity index (χ4v) is 5.58. The van der Waals surface area contributed by atoms with Crippen LogP contribution < -0.4 is 0 Å². The maximum absolute atomic E-state index is 5.99. The Hall–Kier alpha value is -0.570. The van der Waals surface area contributed by atoms with E-state index in [0.29, 0.717) is 11.8 Å². The lowest BCUT2D eigenvalue weighted by Crippen LogP contribution is -2.44. The van der Waals surface area contributed by atoms with Gasteiger partial charge in [-0.3, -0.25) is 0 Å². The van der Waals surface area contributed by atoms with Crippen molar-refractivity contribution < 1.29 is 0 Å². The van der Waals surface area contributed by atoms with Gasteiger partial charge in [0.2, 0.25) is 0 Å². The Morgan fingerprint density at radius 3 is 2.21 bits per heavy atom. The Morgan fingerprint density at radius 2 is 1.68 bits per heavy atom. The molecule has 19 heavy (non-hydrogen) atoms. The molecule has 104 valence electrons. The number of hydrogen-bond acceptors (Lipinski definition) is 2. The van der Waals surface area contributed by atoms with E-state index in [0.717, 1.165) is 36.0 Å². The summed E-state index contributed by atoms with van der Waals surface area (Å²) in [5.74, 6) is 7.11. The zero-order valence-electron chi connectivity index (χ0n) is 11.6. The molecule has 0 amide bonds. The van der Waals surface area contributed by atoms with E-state index in [-0.39, 0.29) is 0 Å². The van der Waals surface area contributed by atoms with Gasteiger partial charge in [-0.2, -0.15) is 0 Å². The number of nitrogens with zero attached hydrogens (tertiary/aromatic N) is 3. The summed E-state index contributed by atoms with van der Waals surface area (Å²) in [4.78, 5) is 0. The molecule has 4 bridgehead atoms. The molecule has 3 nitrogen and oxygen atoms in total. The molecule has 1 aromatic heterocycles. The molecule has 1 heterocycles. The molecular weight excluding hydrogens is 258 g/mol. The molecule has 0 saturated heterocycles. The van der Waals surface area contributed by atoms with Crippen LogP contribution in [-0.2, 0) is 12.4 Å². The maximum atomic E-state index is 5.99. The van der Waals surface area contributed by atoms with Gasteiger partial charge < -0.3 is 4.57 Å². The van der Waals surface area contributed by atoms with Gasteiger partial charge in [0.1, 0.15) is 11.6 Å². The highest BCUT2D eigenvalue weighted by molar-refractivity contribution is 6.16. The van der Waals surface area contributed by atoms with Gasteiger partial charge in [-0.25, -0.2) is 0 Å². The predicted octanol–water partition coefficient (Wildman–Crippen LogP) is 3.58. The smallest absolute Gasteiger partial charge is 0.147 e. The average Bonchev–Trinajstić information content (AvgIpc) is 2.80. The molecule has 0 radical (unpaired) electrons. The third-order valence-electron chi connectivity index (χ3n) is 5.82. The van der Waals surface area contributed by atoms with Crippen LogP contribution >= 0.6 is 11.6 Å². The van der Waals surface area contributed by atoms with Crippen LogP contribution in [0.25, 0.3) is 0 Å². The monoisotopic (exact) mass is 279 g/mol. The summed E-state index contributed by atoms with van der Waals surface area (Å²) >= 11 is 5.99. The number of halogens is 1. The minimum atomic E-state index is 0.480. The standard InChI is InChI=1S/C15H22ClN3/c1-2-19-13(8-16)17-18-15(19)14-11-4-9-3-10(6-11)7-12(14)5-9/h9-12,14H,2-8H2,1H3. The molecule has 0 N–H and O–H groups in total. The van der Waals surface area contributed by atoms with Gasteiger partial charge >= 0.3 is 0 Å². The van der Waals surface area contributed by atoms with E-state index in [1.54, 1.807) is 0 Å². The molecule has 0 aromatic carbocycles. The first kappa shape index (κ1) is 12.2. The van der Waals surface area contributed by atoms with Crippen molar-refractivity contribution in [3.63, 3.8) is 0 Å². The van der Waals surface area contributed by atoms with Gasteiger partial charge in [-0.15, -0.1) is 21.8 Å². The molecule has 0 aliphatic heterocycles. The van der Waals surface area contributed by atoms with E-state index in [4.69, 9.17) is 11.6 Å². The van der Waals surface area contributed by atoms with Crippen LogP contribution in [0.1, 0.15) is 56.6 Å². The zero-order valence-corrected chi connectivity index (χ0v) is 12.3. The van der Waals surface area contributed by atoms with Crippen LogP contribution in [0.15, 0.2) is 0 Å². The van der Waals surface area contributed by atoms with Crippen molar-refractivity contribution in [2.24, 2.45) is 23.7 Å². The number of hydrogen-bond donors (Lipinski definition) is 0. The molecule has 0 spiro atoms. The normalized spacial score (nSPS) is 40.0. The quantitative estimate of drug-likeness (QED) is 0.792. The number of rotatable bonds is 3. The van der Waals surface area contributed by atoms with Crippen molar-refractivity contribution in [2.75, 3.05) is 0 Å². The van der Waals surface area contributed by atoms with Crippen molar-refractivity contribution in [1.82, 2.24) is 14.8 Å². The molecule has 0 unspecified atom stereocenters. The molecule has 5 rings (SSSR count). The highest BCUT2D eigenvalue weighted by Crippen LogP contribution is 2.59. The summed E-state index contributed by atoms with van der Waals surface area (Å²) in [7, 11) is 0. The minimum Gasteiger partial charge on any atom is -0.314 e. The van der Waals surface area contributed by atoms with Crippen LogP contribution in [0, 0.1) is 23.7 Å². The molecule has 0 atom stereocenters. The van der Waals surface area contributed by atoms with Gasteiger partial charge in [0, 0.05) is 12.5 Å². The Labute approximate surface area is 119 Å². The predicted molar refractivity (Wildman–Crippen MR) is 75.0 cm³/mol. The first-order valence-corrected chi connectivity index (χ1v) is 8.31. The van der Waals surface area contributed by atoms with E-state index in [2.05, 4.69) is 21.7 Å². The highest BCUT2D eigenvalue weighted by Gasteiger charge is 2.50. The van der Waals surface area contributed by atoms with Gasteiger partial charge in [0.15, 0.2) is 0 Å². The first-order valence-electron chi connectivity index (χ1n) is 7.78. The summed E-state index contributed by atoms with van der Waals surface area (Å²) < 4.78 is 2.28. The van der Waals surface area contributed by atoms with E-state index in [1.807, 2.05) is 0 Å². The molecule has 1 aromatic rings. The van der Waals surface area contributed by atoms with Crippen LogP contribution in [0.5, 0.6) is 0 Å². The fourth-order valence-electron chi connectivity index (χ4n) is 5.39. The van der Waals surface area contributed by atoms with Crippen LogP contribution in [-0.4, -0.2) is 14.8 Å². The zero-order chi connectivity index (χ0) is 13.0. The summed E-state index contributed by atoms with van der Waals surface area (Å²) in [6, 6.07) is 0. The second-order valence-electron chi connectivity index (χ2n) is 6.81. The molecule has 4 aliphatic rings. The maximum Gasteiger partial charge on any atom is 0.147 e. The van der Waals surface area contributed by atoms with E-state index in [9.17, 15) is 0 Å². The summed E-state index contributed by atoms with van der Waals surface area (Å²) in [5.41, 5.74) is 0. The summed E-state index contributed by atoms with van der Waals surface area (Å²) in [6.45, 7) is 3.13. The van der Waals surface area contributed by atoms with E-state index in [1.165, 1.54) is 37.9 Å². The van der Waals surface area contributed by atoms with Crippen molar-refractivity contribution >= 4 is 11.6 Å². The molecule has 4 heteroatoms. The average molecular weight is 280 g/mol. The third kappa shape index (κ3) is 1.77. The van der Waals surface area contributed by atoms with Crippen molar-refractivity contribution in [2.45, 2.75) is 57.4 Å². The van der Waals surface area contributed by atoms with E-state index >= 15 is 0 Å². The summed E-state index contributed by atoms with van der Waals surface area (Å²) in [5, 5.41) is 8.85. The number of alkyl halides is 1. The third-order valence-corrected chi connectivity index (χ3v) is 6.06. The van der Waals surface area contributed by atoms with Crippen LogP contribution in [0.3, 0.4) is 0 Å². The Morgan fingerprint density at radius 1 is 1.05 bits per heavy atom. The van der Waals surface area contributed by atoms with Crippen LogP contribution in [0.2, 0.25) is 0 Å². The molecular formula is C15H22ClN3. The lowest BCUT2D eigenvalue weighted by atomic mass is 9.51. The first-order chi connectivity index (χ1) is 9.30. The van der Waals surface area contributed by atoms with Crippen molar-refractivity contribution in [3.8, 4) is 0 Å². The van der Waals surface area contributed by atoms with Crippen molar-refractivity contribution in [3.05, 3.63) is 11.6 Å². The second kappa shape index (κ2) is 4.47. The number of aromatic nitrogens is 3. The van der Waals surface area contributed by atoms with Crippen LogP contribution in [0.4, 0.5) is 0 Å². The SMILES string of the molecule is CCn1c(CCl)nnc1C1C2CC3CC(C2)CC1C3. The van der Waals surface area contributed by atoms with Gasteiger partial charge in [0.25, 0.3) is 0 Å². The van der Waals surface area contributed by atoms with Gasteiger partial charge in [0.05, 0.1) is 5.88 Å². The van der Waals surface area contributed by atoms with Gasteiger partial charge in [-0.1, -0.05) is 0 Å². The molecule has 4 saturated carbocycles. The van der Waals surface area contributed by atoms with E-state index < -0.39 is 0 Å². The lowest BCUT2D eigenvalue weighted by Gasteiger charge is -2.54. The fraction of sp³-hybridized carbons (Fsp3) is 0.867. The summed E-state index contributed by atoms with van der Waals surface area (Å²) in [6.07, 6.45) is 7.25. The lowest BCUT2D eigenvalue weighted by molar-refractivity contribution is -0.00686. The van der Waals surface area contributed by atoms with Gasteiger partial charge in [-0.05, 0) is 62.7 Å². The van der Waals surface area contributed by atoms with Crippen molar-refractivity contribution in [1.29, 1.82) is 0 Å². The second-order valence-corrected chi connectivity index (χ2v) is 7.08. The topological polar surface area (TPSA) is 30.7 Å². The Kier molecular flexibility index (Phi) is 2.87. The highest BCUT2D eigenvalue weighted by atomic mass is 35.5. The Balaban J connectivity index is 1.71. The molecule has 4 aliphatic carbocycles.